The second kappa shape index (κ2) is 5.74. The standard InChI is InChI=1S/C9H16O5/c1-6-8(10)14-7(2)9(11-3,12-4)13-5/h6-7H,1H2,2-5H3. The van der Waals surface area contributed by atoms with E-state index in [1.807, 2.05) is 0 Å². The predicted octanol–water partition coefficient (Wildman–Crippen LogP) is 0.697. The van der Waals surface area contributed by atoms with E-state index in [4.69, 9.17) is 18.9 Å². The van der Waals surface area contributed by atoms with Crippen LogP contribution in [-0.2, 0) is 23.7 Å². The molecule has 0 aromatic heterocycles. The molecule has 0 N–H and O–H groups in total. The summed E-state index contributed by atoms with van der Waals surface area (Å²) in [6, 6.07) is 0. The van der Waals surface area contributed by atoms with Gasteiger partial charge in [0, 0.05) is 27.4 Å². The Morgan fingerprint density at radius 1 is 1.29 bits per heavy atom. The van der Waals surface area contributed by atoms with Crippen molar-refractivity contribution in [2.24, 2.45) is 0 Å². The van der Waals surface area contributed by atoms with Crippen LogP contribution < -0.4 is 0 Å². The third-order valence-electron chi connectivity index (χ3n) is 1.81. The molecule has 0 fully saturated rings. The second-order valence-corrected chi connectivity index (χ2v) is 2.50. The number of carbonyl (C=O) groups is 1. The average Bonchev–Trinajstić information content (AvgIpc) is 2.21. The summed E-state index contributed by atoms with van der Waals surface area (Å²) in [4.78, 5) is 10.9. The van der Waals surface area contributed by atoms with Gasteiger partial charge in [-0.1, -0.05) is 6.58 Å². The van der Waals surface area contributed by atoms with Crippen LogP contribution in [0.1, 0.15) is 6.92 Å². The van der Waals surface area contributed by atoms with Crippen molar-refractivity contribution >= 4 is 5.97 Å². The van der Waals surface area contributed by atoms with Crippen molar-refractivity contribution < 1.29 is 23.7 Å². The van der Waals surface area contributed by atoms with Crippen molar-refractivity contribution in [2.45, 2.75) is 19.0 Å². The molecule has 0 saturated carbocycles. The molecule has 0 aromatic carbocycles. The number of methoxy groups -OCH3 is 3. The SMILES string of the molecule is C=CC(=O)OC(C)C(OC)(OC)OC. The Bertz CT molecular complexity index is 189. The Hall–Kier alpha value is -0.910. The van der Waals surface area contributed by atoms with E-state index in [2.05, 4.69) is 6.58 Å². The molecular formula is C9H16O5. The Morgan fingerprint density at radius 2 is 1.71 bits per heavy atom. The Balaban J connectivity index is 4.50. The number of esters is 1. The smallest absolute Gasteiger partial charge is 0.330 e. The molecule has 0 saturated heterocycles. The van der Waals surface area contributed by atoms with Crippen molar-refractivity contribution in [1.82, 2.24) is 0 Å². The molecule has 82 valence electrons. The van der Waals surface area contributed by atoms with Crippen LogP contribution in [0.5, 0.6) is 0 Å². The lowest BCUT2D eigenvalue weighted by Gasteiger charge is -2.33. The van der Waals surface area contributed by atoms with Crippen molar-refractivity contribution in [3.8, 4) is 0 Å². The molecule has 0 amide bonds. The number of rotatable bonds is 6. The summed E-state index contributed by atoms with van der Waals surface area (Å²) in [5, 5.41) is 0. The van der Waals surface area contributed by atoms with E-state index in [0.29, 0.717) is 0 Å². The van der Waals surface area contributed by atoms with E-state index in [1.165, 1.54) is 21.3 Å². The van der Waals surface area contributed by atoms with Crippen molar-refractivity contribution in [2.75, 3.05) is 21.3 Å². The molecule has 0 aliphatic heterocycles. The van der Waals surface area contributed by atoms with Gasteiger partial charge in [-0.15, -0.1) is 0 Å². The molecule has 1 atom stereocenters. The van der Waals surface area contributed by atoms with Crippen LogP contribution in [0.25, 0.3) is 0 Å². The average molecular weight is 204 g/mol. The maximum absolute atomic E-state index is 10.9. The fourth-order valence-corrected chi connectivity index (χ4v) is 1.04. The van der Waals surface area contributed by atoms with Gasteiger partial charge >= 0.3 is 11.9 Å². The first-order valence-electron chi connectivity index (χ1n) is 4.04. The number of hydrogen-bond donors (Lipinski definition) is 0. The third kappa shape index (κ3) is 2.80. The van der Waals surface area contributed by atoms with Gasteiger partial charge < -0.3 is 18.9 Å². The normalized spacial score (nSPS) is 13.4. The first-order chi connectivity index (χ1) is 6.56. The Morgan fingerprint density at radius 3 is 2.00 bits per heavy atom. The molecule has 5 heteroatoms. The summed E-state index contributed by atoms with van der Waals surface area (Å²) < 4.78 is 19.9. The van der Waals surface area contributed by atoms with Gasteiger partial charge in [-0.2, -0.15) is 0 Å². The summed E-state index contributed by atoms with van der Waals surface area (Å²) in [7, 11) is 4.18. The highest BCUT2D eigenvalue weighted by molar-refractivity contribution is 5.81. The lowest BCUT2D eigenvalue weighted by atomic mass is 10.3. The Kier molecular flexibility index (Phi) is 5.37. The van der Waals surface area contributed by atoms with Gasteiger partial charge in [0.15, 0.2) is 6.10 Å². The van der Waals surface area contributed by atoms with E-state index in [0.717, 1.165) is 6.08 Å². The molecular weight excluding hydrogens is 188 g/mol. The van der Waals surface area contributed by atoms with Gasteiger partial charge in [-0.05, 0) is 6.92 Å². The highest BCUT2D eigenvalue weighted by Crippen LogP contribution is 2.20. The van der Waals surface area contributed by atoms with E-state index in [9.17, 15) is 4.79 Å². The maximum atomic E-state index is 10.9. The van der Waals surface area contributed by atoms with E-state index in [-0.39, 0.29) is 0 Å². The quantitative estimate of drug-likeness (QED) is 0.362. The van der Waals surface area contributed by atoms with Crippen LogP contribution >= 0.6 is 0 Å². The zero-order valence-electron chi connectivity index (χ0n) is 8.90. The van der Waals surface area contributed by atoms with Crippen LogP contribution in [0.15, 0.2) is 12.7 Å². The topological polar surface area (TPSA) is 54.0 Å². The lowest BCUT2D eigenvalue weighted by Crippen LogP contribution is -2.48. The van der Waals surface area contributed by atoms with Gasteiger partial charge in [0.1, 0.15) is 0 Å². The van der Waals surface area contributed by atoms with Gasteiger partial charge in [-0.3, -0.25) is 0 Å². The molecule has 0 rings (SSSR count). The summed E-state index contributed by atoms with van der Waals surface area (Å²) >= 11 is 0. The monoisotopic (exact) mass is 204 g/mol. The molecule has 0 bridgehead atoms. The first kappa shape index (κ1) is 13.1. The van der Waals surface area contributed by atoms with Crippen molar-refractivity contribution in [3.05, 3.63) is 12.7 Å². The van der Waals surface area contributed by atoms with Gasteiger partial charge in [0.05, 0.1) is 0 Å². The number of hydrogen-bond acceptors (Lipinski definition) is 5. The number of ether oxygens (including phenoxy) is 4. The fourth-order valence-electron chi connectivity index (χ4n) is 1.04. The zero-order valence-corrected chi connectivity index (χ0v) is 8.90. The summed E-state index contributed by atoms with van der Waals surface area (Å²) in [5.41, 5.74) is 0. The van der Waals surface area contributed by atoms with Crippen LogP contribution in [0.4, 0.5) is 0 Å². The molecule has 0 radical (unpaired) electrons. The fraction of sp³-hybridized carbons (Fsp3) is 0.667. The highest BCUT2D eigenvalue weighted by atomic mass is 16.9. The zero-order chi connectivity index (χ0) is 11.2. The largest absolute Gasteiger partial charge is 0.451 e. The van der Waals surface area contributed by atoms with Crippen molar-refractivity contribution in [3.63, 3.8) is 0 Å². The van der Waals surface area contributed by atoms with E-state index < -0.39 is 18.0 Å². The van der Waals surface area contributed by atoms with Crippen LogP contribution in [0.3, 0.4) is 0 Å². The van der Waals surface area contributed by atoms with E-state index in [1.54, 1.807) is 6.92 Å². The van der Waals surface area contributed by atoms with Gasteiger partial charge in [0.2, 0.25) is 0 Å². The van der Waals surface area contributed by atoms with Crippen LogP contribution in [0.2, 0.25) is 0 Å². The minimum atomic E-state index is -1.38. The lowest BCUT2D eigenvalue weighted by molar-refractivity contribution is -0.385. The van der Waals surface area contributed by atoms with Gasteiger partial charge in [0.25, 0.3) is 0 Å². The Labute approximate surface area is 83.6 Å². The molecule has 0 aliphatic carbocycles. The second-order valence-electron chi connectivity index (χ2n) is 2.50. The van der Waals surface area contributed by atoms with Gasteiger partial charge in [-0.25, -0.2) is 4.79 Å². The highest BCUT2D eigenvalue weighted by Gasteiger charge is 2.39. The maximum Gasteiger partial charge on any atom is 0.330 e. The van der Waals surface area contributed by atoms with Crippen LogP contribution in [0, 0.1) is 0 Å². The minimum absolute atomic E-state index is 0.562. The third-order valence-corrected chi connectivity index (χ3v) is 1.81. The number of carbonyl (C=O) groups excluding carboxylic acids is 1. The minimum Gasteiger partial charge on any atom is -0.451 e. The van der Waals surface area contributed by atoms with E-state index >= 15 is 0 Å². The summed E-state index contributed by atoms with van der Waals surface area (Å²) in [6.07, 6.45) is 0.357. The molecule has 1 unspecified atom stereocenters. The molecule has 0 aromatic rings. The molecule has 5 nitrogen and oxygen atoms in total. The van der Waals surface area contributed by atoms with Crippen LogP contribution in [-0.4, -0.2) is 39.4 Å². The molecule has 0 spiro atoms. The molecule has 14 heavy (non-hydrogen) atoms. The summed E-state index contributed by atoms with van der Waals surface area (Å²) in [6.45, 7) is 4.87. The molecule has 0 heterocycles. The van der Waals surface area contributed by atoms with Crippen molar-refractivity contribution in [1.29, 1.82) is 0 Å². The predicted molar refractivity (Wildman–Crippen MR) is 49.5 cm³/mol. The first-order valence-corrected chi connectivity index (χ1v) is 4.04. The molecule has 0 aliphatic rings. The summed E-state index contributed by atoms with van der Waals surface area (Å²) in [5.74, 6) is -1.94.